The molecule has 1 amide bonds. The Bertz CT molecular complexity index is 1120. The van der Waals surface area contributed by atoms with Gasteiger partial charge in [-0.05, 0) is 25.1 Å². The van der Waals surface area contributed by atoms with Gasteiger partial charge in [0.1, 0.15) is 4.90 Å². The van der Waals surface area contributed by atoms with Gasteiger partial charge in [-0.2, -0.15) is 4.31 Å². The highest BCUT2D eigenvalue weighted by Gasteiger charge is 2.25. The number of hydrogen-bond donors (Lipinski definition) is 1. The summed E-state index contributed by atoms with van der Waals surface area (Å²) in [5, 5.41) is 4.77. The number of rotatable bonds is 7. The first kappa shape index (κ1) is 20.8. The average Bonchev–Trinajstić information content (AvgIpc) is 3.17. The van der Waals surface area contributed by atoms with Crippen LogP contribution in [0.15, 0.2) is 34.7 Å². The first-order valence-electron chi connectivity index (χ1n) is 8.77. The summed E-state index contributed by atoms with van der Waals surface area (Å²) in [6, 6.07) is 4.47. The number of hydrogen-bond acceptors (Lipinski definition) is 5. The van der Waals surface area contributed by atoms with E-state index in [4.69, 9.17) is 11.6 Å². The fourth-order valence-corrected chi connectivity index (χ4v) is 5.80. The number of nitrogens with one attached hydrogen (secondary N) is 1. The van der Waals surface area contributed by atoms with Crippen LogP contribution in [0.2, 0.25) is 5.02 Å². The van der Waals surface area contributed by atoms with E-state index >= 15 is 0 Å². The van der Waals surface area contributed by atoms with Gasteiger partial charge in [0.25, 0.3) is 0 Å². The SMILES string of the molecule is CCN(CC)S(=O)(=O)c1cc(NC(=O)Cc2csc3nc(C)cn23)ccc1Cl. The van der Waals surface area contributed by atoms with Crippen LogP contribution in [0.4, 0.5) is 5.69 Å². The van der Waals surface area contributed by atoms with E-state index in [1.807, 2.05) is 22.9 Å². The third kappa shape index (κ3) is 4.07. The van der Waals surface area contributed by atoms with Crippen LogP contribution in [-0.2, 0) is 21.2 Å². The molecule has 2 aromatic heterocycles. The highest BCUT2D eigenvalue weighted by atomic mass is 35.5. The number of amides is 1. The van der Waals surface area contributed by atoms with Crippen molar-refractivity contribution in [2.75, 3.05) is 18.4 Å². The zero-order chi connectivity index (χ0) is 20.5. The van der Waals surface area contributed by atoms with E-state index in [1.165, 1.54) is 27.8 Å². The average molecular weight is 441 g/mol. The lowest BCUT2D eigenvalue weighted by Crippen LogP contribution is -2.31. The summed E-state index contributed by atoms with van der Waals surface area (Å²) in [6.07, 6.45) is 2.03. The number of anilines is 1. The molecule has 0 saturated heterocycles. The largest absolute Gasteiger partial charge is 0.326 e. The van der Waals surface area contributed by atoms with Crippen molar-refractivity contribution in [3.05, 3.63) is 46.2 Å². The van der Waals surface area contributed by atoms with Crippen LogP contribution in [-0.4, -0.2) is 41.1 Å². The van der Waals surface area contributed by atoms with Gasteiger partial charge in [-0.1, -0.05) is 25.4 Å². The molecule has 3 aromatic rings. The molecule has 3 rings (SSSR count). The molecule has 0 aliphatic carbocycles. The van der Waals surface area contributed by atoms with E-state index in [0.717, 1.165) is 16.3 Å². The first-order chi connectivity index (χ1) is 13.3. The normalized spacial score (nSPS) is 12.0. The van der Waals surface area contributed by atoms with Crippen LogP contribution < -0.4 is 5.32 Å². The van der Waals surface area contributed by atoms with Gasteiger partial charge >= 0.3 is 0 Å². The Hall–Kier alpha value is -1.94. The summed E-state index contributed by atoms with van der Waals surface area (Å²) in [5.41, 5.74) is 2.09. The van der Waals surface area contributed by atoms with Crippen molar-refractivity contribution in [3.8, 4) is 0 Å². The quantitative estimate of drug-likeness (QED) is 0.608. The Morgan fingerprint density at radius 3 is 2.71 bits per heavy atom. The Labute approximate surface area is 173 Å². The molecular formula is C18H21ClN4O3S2. The number of nitrogens with zero attached hydrogens (tertiary/aromatic N) is 3. The van der Waals surface area contributed by atoms with Gasteiger partial charge < -0.3 is 5.32 Å². The summed E-state index contributed by atoms with van der Waals surface area (Å²) < 4.78 is 28.8. The molecule has 0 unspecified atom stereocenters. The molecule has 0 bridgehead atoms. The van der Waals surface area contributed by atoms with Crippen molar-refractivity contribution < 1.29 is 13.2 Å². The molecule has 1 aromatic carbocycles. The minimum atomic E-state index is -3.73. The third-order valence-electron chi connectivity index (χ3n) is 4.28. The summed E-state index contributed by atoms with van der Waals surface area (Å²) in [5.74, 6) is -0.250. The number of aryl methyl sites for hydroxylation is 1. The number of fused-ring (bicyclic) bond motifs is 1. The maximum absolute atomic E-state index is 12.8. The number of carbonyl (C=O) groups is 1. The smallest absolute Gasteiger partial charge is 0.244 e. The number of carbonyl (C=O) groups excluding carboxylic acids is 1. The van der Waals surface area contributed by atoms with Crippen LogP contribution in [0.1, 0.15) is 25.2 Å². The second-order valence-electron chi connectivity index (χ2n) is 6.22. The molecular weight excluding hydrogens is 420 g/mol. The van der Waals surface area contributed by atoms with Gasteiger partial charge in [0.2, 0.25) is 15.9 Å². The van der Waals surface area contributed by atoms with Gasteiger partial charge in [0.15, 0.2) is 4.96 Å². The standard InChI is InChI=1S/C18H21ClN4O3S2/c1-4-22(5-2)28(25,26)16-8-13(6-7-15(16)19)21-17(24)9-14-11-27-18-20-12(3)10-23(14)18/h6-8,10-11H,4-5,9H2,1-3H3,(H,21,24). The van der Waals surface area contributed by atoms with Gasteiger partial charge in [-0.25, -0.2) is 13.4 Å². The molecule has 7 nitrogen and oxygen atoms in total. The minimum absolute atomic E-state index is 0.0150. The monoisotopic (exact) mass is 440 g/mol. The van der Waals surface area contributed by atoms with E-state index in [9.17, 15) is 13.2 Å². The molecule has 0 aliphatic rings. The molecule has 1 N–H and O–H groups in total. The van der Waals surface area contributed by atoms with E-state index in [-0.39, 0.29) is 22.2 Å². The van der Waals surface area contributed by atoms with Crippen molar-refractivity contribution in [2.45, 2.75) is 32.1 Å². The molecule has 10 heteroatoms. The van der Waals surface area contributed by atoms with Gasteiger partial charge in [-0.3, -0.25) is 9.20 Å². The van der Waals surface area contributed by atoms with E-state index in [1.54, 1.807) is 19.9 Å². The lowest BCUT2D eigenvalue weighted by atomic mass is 10.3. The Kier molecular flexibility index (Phi) is 6.09. The number of thiazole rings is 1. The number of aromatic nitrogens is 2. The zero-order valence-electron chi connectivity index (χ0n) is 15.8. The lowest BCUT2D eigenvalue weighted by molar-refractivity contribution is -0.115. The Balaban J connectivity index is 1.82. The minimum Gasteiger partial charge on any atom is -0.326 e. The molecule has 0 radical (unpaired) electrons. The maximum Gasteiger partial charge on any atom is 0.244 e. The van der Waals surface area contributed by atoms with Gasteiger partial charge in [-0.15, -0.1) is 11.3 Å². The molecule has 150 valence electrons. The molecule has 0 spiro atoms. The predicted octanol–water partition coefficient (Wildman–Crippen LogP) is 3.57. The maximum atomic E-state index is 12.8. The van der Waals surface area contributed by atoms with Crippen molar-refractivity contribution in [1.29, 1.82) is 0 Å². The second-order valence-corrected chi connectivity index (χ2v) is 9.37. The summed E-state index contributed by atoms with van der Waals surface area (Å²) in [7, 11) is -3.73. The van der Waals surface area contributed by atoms with Crippen LogP contribution >= 0.6 is 22.9 Å². The summed E-state index contributed by atoms with van der Waals surface area (Å²) in [6.45, 7) is 6.10. The molecule has 28 heavy (non-hydrogen) atoms. The number of benzene rings is 1. The van der Waals surface area contributed by atoms with Crippen LogP contribution in [0, 0.1) is 6.92 Å². The molecule has 0 fully saturated rings. The number of sulfonamides is 1. The second kappa shape index (κ2) is 8.20. The molecule has 0 atom stereocenters. The van der Waals surface area contributed by atoms with E-state index in [0.29, 0.717) is 18.8 Å². The van der Waals surface area contributed by atoms with Crippen LogP contribution in [0.3, 0.4) is 0 Å². The van der Waals surface area contributed by atoms with Crippen molar-refractivity contribution >= 4 is 49.5 Å². The highest BCUT2D eigenvalue weighted by molar-refractivity contribution is 7.89. The molecule has 2 heterocycles. The van der Waals surface area contributed by atoms with Gasteiger partial charge in [0.05, 0.1) is 17.1 Å². The topological polar surface area (TPSA) is 83.8 Å². The first-order valence-corrected chi connectivity index (χ1v) is 11.5. The summed E-state index contributed by atoms with van der Waals surface area (Å²) in [4.78, 5) is 17.7. The summed E-state index contributed by atoms with van der Waals surface area (Å²) >= 11 is 7.60. The molecule has 0 saturated carbocycles. The number of imidazole rings is 1. The third-order valence-corrected chi connectivity index (χ3v) is 7.70. The van der Waals surface area contributed by atoms with Crippen LogP contribution in [0.5, 0.6) is 0 Å². The Morgan fingerprint density at radius 1 is 1.32 bits per heavy atom. The molecule has 0 aliphatic heterocycles. The Morgan fingerprint density at radius 2 is 2.04 bits per heavy atom. The number of halogens is 1. The van der Waals surface area contributed by atoms with Gasteiger partial charge in [0, 0.05) is 36.0 Å². The lowest BCUT2D eigenvalue weighted by Gasteiger charge is -2.19. The van der Waals surface area contributed by atoms with Crippen molar-refractivity contribution in [2.24, 2.45) is 0 Å². The fraction of sp³-hybridized carbons (Fsp3) is 0.333. The van der Waals surface area contributed by atoms with E-state index in [2.05, 4.69) is 10.3 Å². The van der Waals surface area contributed by atoms with Crippen molar-refractivity contribution in [3.63, 3.8) is 0 Å². The predicted molar refractivity (Wildman–Crippen MR) is 112 cm³/mol. The highest BCUT2D eigenvalue weighted by Crippen LogP contribution is 2.28. The van der Waals surface area contributed by atoms with Crippen molar-refractivity contribution in [1.82, 2.24) is 13.7 Å². The van der Waals surface area contributed by atoms with Crippen LogP contribution in [0.25, 0.3) is 4.96 Å². The zero-order valence-corrected chi connectivity index (χ0v) is 18.2. The fourth-order valence-electron chi connectivity index (χ4n) is 2.92. The van der Waals surface area contributed by atoms with E-state index < -0.39 is 10.0 Å².